The lowest BCUT2D eigenvalue weighted by molar-refractivity contribution is 0.0526. The average molecular weight is 310 g/mol. The molecule has 22 heavy (non-hydrogen) atoms. The van der Waals surface area contributed by atoms with E-state index in [1.807, 2.05) is 20.8 Å². The third-order valence-corrected chi connectivity index (χ3v) is 5.64. The van der Waals surface area contributed by atoms with Gasteiger partial charge in [-0.25, -0.2) is 4.79 Å². The van der Waals surface area contributed by atoms with Gasteiger partial charge in [-0.05, 0) is 69.7 Å². The number of alkyl carbamates (subject to hydrolysis) is 1. The number of ether oxygens (including phenoxy) is 1. The topological polar surface area (TPSA) is 50.4 Å². The van der Waals surface area contributed by atoms with Crippen LogP contribution in [0.25, 0.3) is 0 Å². The van der Waals surface area contributed by atoms with Crippen molar-refractivity contribution < 1.29 is 9.53 Å². The van der Waals surface area contributed by atoms with Gasteiger partial charge in [0, 0.05) is 12.6 Å². The standard InChI is InChI=1S/C18H34N2O2/c1-16(2,3)22-15(21)20-11-7-10-19-14-17(4,5)13-8-9-18(14,6)12-13/h13-14,19H,7-12H2,1-6H3,(H,20,21). The van der Waals surface area contributed by atoms with E-state index < -0.39 is 5.60 Å². The van der Waals surface area contributed by atoms with Crippen molar-refractivity contribution in [2.45, 2.75) is 78.9 Å². The first-order valence-corrected chi connectivity index (χ1v) is 8.75. The lowest BCUT2D eigenvalue weighted by Crippen LogP contribution is -2.50. The van der Waals surface area contributed by atoms with Crippen molar-refractivity contribution in [3.63, 3.8) is 0 Å². The first kappa shape index (κ1) is 17.6. The number of rotatable bonds is 5. The third-order valence-electron chi connectivity index (χ3n) is 5.64. The molecular weight excluding hydrogens is 276 g/mol. The van der Waals surface area contributed by atoms with Crippen LogP contribution in [0.4, 0.5) is 4.79 Å². The van der Waals surface area contributed by atoms with E-state index in [4.69, 9.17) is 4.74 Å². The number of carbonyl (C=O) groups is 1. The van der Waals surface area contributed by atoms with Crippen LogP contribution in [0.5, 0.6) is 0 Å². The van der Waals surface area contributed by atoms with Crippen LogP contribution in [0.1, 0.15) is 67.2 Å². The molecule has 1 amide bonds. The van der Waals surface area contributed by atoms with Crippen molar-refractivity contribution in [3.05, 3.63) is 0 Å². The summed E-state index contributed by atoms with van der Waals surface area (Å²) < 4.78 is 5.24. The monoisotopic (exact) mass is 310 g/mol. The van der Waals surface area contributed by atoms with Crippen LogP contribution in [0.2, 0.25) is 0 Å². The van der Waals surface area contributed by atoms with Crippen LogP contribution in [0.15, 0.2) is 0 Å². The molecule has 2 aliphatic carbocycles. The molecule has 3 atom stereocenters. The molecule has 2 rings (SSSR count). The summed E-state index contributed by atoms with van der Waals surface area (Å²) in [6.07, 6.45) is 4.73. The van der Waals surface area contributed by atoms with Gasteiger partial charge in [0.2, 0.25) is 0 Å². The van der Waals surface area contributed by atoms with Gasteiger partial charge in [0.1, 0.15) is 5.60 Å². The summed E-state index contributed by atoms with van der Waals surface area (Å²) in [5.41, 5.74) is 0.433. The van der Waals surface area contributed by atoms with E-state index in [-0.39, 0.29) is 6.09 Å². The Kier molecular flexibility index (Phi) is 4.82. The van der Waals surface area contributed by atoms with Crippen LogP contribution in [0.3, 0.4) is 0 Å². The van der Waals surface area contributed by atoms with Gasteiger partial charge in [-0.15, -0.1) is 0 Å². The molecule has 0 heterocycles. The Morgan fingerprint density at radius 3 is 2.45 bits per heavy atom. The Morgan fingerprint density at radius 2 is 1.91 bits per heavy atom. The van der Waals surface area contributed by atoms with Crippen LogP contribution in [-0.2, 0) is 4.74 Å². The maximum Gasteiger partial charge on any atom is 0.407 e. The molecule has 2 bridgehead atoms. The van der Waals surface area contributed by atoms with Gasteiger partial charge >= 0.3 is 6.09 Å². The SMILES string of the molecule is CC(C)(C)OC(=O)NCCCNC1C2(C)CCC(C2)C1(C)C. The number of hydrogen-bond donors (Lipinski definition) is 2. The summed E-state index contributed by atoms with van der Waals surface area (Å²) >= 11 is 0. The second kappa shape index (κ2) is 6.03. The molecule has 2 fully saturated rings. The number of nitrogens with one attached hydrogen (secondary N) is 2. The zero-order valence-corrected chi connectivity index (χ0v) is 15.2. The second-order valence-electron chi connectivity index (χ2n) is 9.08. The van der Waals surface area contributed by atoms with E-state index in [2.05, 4.69) is 31.4 Å². The summed E-state index contributed by atoms with van der Waals surface area (Å²) in [7, 11) is 0. The van der Waals surface area contributed by atoms with E-state index in [0.29, 0.717) is 23.4 Å². The Bertz CT molecular complexity index is 409. The van der Waals surface area contributed by atoms with Gasteiger partial charge in [-0.1, -0.05) is 20.8 Å². The summed E-state index contributed by atoms with van der Waals surface area (Å²) in [6, 6.07) is 0.597. The zero-order valence-electron chi connectivity index (χ0n) is 15.2. The number of carbonyl (C=O) groups excluding carboxylic acids is 1. The Hall–Kier alpha value is -0.770. The molecule has 0 aromatic rings. The third kappa shape index (κ3) is 3.76. The Balaban J connectivity index is 1.68. The molecule has 0 radical (unpaired) electrons. The smallest absolute Gasteiger partial charge is 0.407 e. The highest BCUT2D eigenvalue weighted by molar-refractivity contribution is 5.67. The first-order chi connectivity index (χ1) is 10.0. The lowest BCUT2D eigenvalue weighted by atomic mass is 9.68. The lowest BCUT2D eigenvalue weighted by Gasteiger charge is -2.43. The summed E-state index contributed by atoms with van der Waals surface area (Å²) in [5.74, 6) is 0.870. The summed E-state index contributed by atoms with van der Waals surface area (Å²) in [5, 5.41) is 6.60. The maximum absolute atomic E-state index is 11.6. The highest BCUT2D eigenvalue weighted by atomic mass is 16.6. The fraction of sp³-hybridized carbons (Fsp3) is 0.944. The van der Waals surface area contributed by atoms with E-state index in [0.717, 1.165) is 18.9 Å². The molecule has 2 saturated carbocycles. The van der Waals surface area contributed by atoms with Crippen LogP contribution in [-0.4, -0.2) is 30.8 Å². The quantitative estimate of drug-likeness (QED) is 0.761. The van der Waals surface area contributed by atoms with Gasteiger partial charge < -0.3 is 15.4 Å². The van der Waals surface area contributed by atoms with Crippen LogP contribution in [0, 0.1) is 16.7 Å². The molecule has 2 aliphatic rings. The molecule has 0 aliphatic heterocycles. The van der Waals surface area contributed by atoms with Crippen molar-refractivity contribution in [1.82, 2.24) is 10.6 Å². The fourth-order valence-corrected chi connectivity index (χ4v) is 4.65. The molecule has 0 saturated heterocycles. The second-order valence-corrected chi connectivity index (χ2v) is 9.08. The molecule has 0 spiro atoms. The highest BCUT2D eigenvalue weighted by Gasteiger charge is 2.58. The minimum Gasteiger partial charge on any atom is -0.444 e. The Morgan fingerprint density at radius 1 is 1.23 bits per heavy atom. The summed E-state index contributed by atoms with van der Waals surface area (Å²) in [4.78, 5) is 11.6. The number of amides is 1. The minimum absolute atomic E-state index is 0.320. The molecular formula is C18H34N2O2. The predicted molar refractivity (Wildman–Crippen MR) is 89.9 cm³/mol. The molecule has 3 unspecified atom stereocenters. The zero-order chi connectivity index (χ0) is 16.6. The molecule has 0 aromatic carbocycles. The molecule has 0 aromatic heterocycles. The van der Waals surface area contributed by atoms with Gasteiger partial charge in [-0.3, -0.25) is 0 Å². The normalized spacial score (nSPS) is 33.0. The van der Waals surface area contributed by atoms with Gasteiger partial charge in [-0.2, -0.15) is 0 Å². The number of hydrogen-bond acceptors (Lipinski definition) is 3. The molecule has 4 nitrogen and oxygen atoms in total. The predicted octanol–water partition coefficient (Wildman–Crippen LogP) is 3.71. The maximum atomic E-state index is 11.6. The molecule has 128 valence electrons. The van der Waals surface area contributed by atoms with E-state index in [1.54, 1.807) is 0 Å². The summed E-state index contributed by atoms with van der Waals surface area (Å²) in [6.45, 7) is 14.5. The van der Waals surface area contributed by atoms with Gasteiger partial charge in [0.25, 0.3) is 0 Å². The highest BCUT2D eigenvalue weighted by Crippen LogP contribution is 2.62. The largest absolute Gasteiger partial charge is 0.444 e. The van der Waals surface area contributed by atoms with Gasteiger partial charge in [0.05, 0.1) is 0 Å². The van der Waals surface area contributed by atoms with Crippen molar-refractivity contribution in [2.75, 3.05) is 13.1 Å². The van der Waals surface area contributed by atoms with Crippen molar-refractivity contribution in [1.29, 1.82) is 0 Å². The van der Waals surface area contributed by atoms with Crippen LogP contribution < -0.4 is 10.6 Å². The van der Waals surface area contributed by atoms with E-state index in [1.165, 1.54) is 19.3 Å². The van der Waals surface area contributed by atoms with E-state index >= 15 is 0 Å². The van der Waals surface area contributed by atoms with Crippen molar-refractivity contribution in [2.24, 2.45) is 16.7 Å². The molecule has 2 N–H and O–H groups in total. The number of fused-ring (bicyclic) bond motifs is 2. The fourth-order valence-electron chi connectivity index (χ4n) is 4.65. The molecule has 4 heteroatoms. The van der Waals surface area contributed by atoms with Crippen LogP contribution >= 0.6 is 0 Å². The average Bonchev–Trinajstić information content (AvgIpc) is 2.81. The first-order valence-electron chi connectivity index (χ1n) is 8.75. The van der Waals surface area contributed by atoms with Gasteiger partial charge in [0.15, 0.2) is 0 Å². The minimum atomic E-state index is -0.427. The van der Waals surface area contributed by atoms with E-state index in [9.17, 15) is 4.79 Å². The van der Waals surface area contributed by atoms with Crippen molar-refractivity contribution >= 4 is 6.09 Å². The van der Waals surface area contributed by atoms with Crippen molar-refractivity contribution in [3.8, 4) is 0 Å². The Labute approximate surface area is 135 Å².